The van der Waals surface area contributed by atoms with Crippen molar-refractivity contribution in [2.75, 3.05) is 13.7 Å². The zero-order chi connectivity index (χ0) is 12.1. The largest absolute Gasteiger partial charge is 0.511 e. The molecule has 0 aromatic rings. The van der Waals surface area contributed by atoms with Gasteiger partial charge in [0.15, 0.2) is 0 Å². The molecule has 0 rings (SSSR count). The molecular formula is C6H11ClF3NO4S. The summed E-state index contributed by atoms with van der Waals surface area (Å²) in [5.41, 5.74) is -5.32. The first-order chi connectivity index (χ1) is 6.70. The second kappa shape index (κ2) is 6.92. The Labute approximate surface area is 96.8 Å². The minimum Gasteiger partial charge on any atom is -0.469 e. The lowest BCUT2D eigenvalue weighted by Crippen LogP contribution is -2.37. The first kappa shape index (κ1) is 17.8. The van der Waals surface area contributed by atoms with E-state index >= 15 is 0 Å². The number of halogens is 4. The van der Waals surface area contributed by atoms with Crippen LogP contribution in [0, 0.1) is 0 Å². The van der Waals surface area contributed by atoms with Crippen molar-refractivity contribution in [3.63, 3.8) is 0 Å². The molecule has 0 aliphatic carbocycles. The quantitative estimate of drug-likeness (QED) is 0.599. The van der Waals surface area contributed by atoms with Gasteiger partial charge in [-0.2, -0.15) is 13.2 Å². The second-order valence-electron chi connectivity index (χ2n) is 2.52. The van der Waals surface area contributed by atoms with Gasteiger partial charge in [0, 0.05) is 13.0 Å². The number of hydrogen-bond acceptors (Lipinski definition) is 4. The van der Waals surface area contributed by atoms with Gasteiger partial charge in [-0.25, -0.2) is 13.1 Å². The van der Waals surface area contributed by atoms with E-state index in [4.69, 9.17) is 0 Å². The molecule has 16 heavy (non-hydrogen) atoms. The third-order valence-corrected chi connectivity index (χ3v) is 2.58. The van der Waals surface area contributed by atoms with Crippen LogP contribution in [0.15, 0.2) is 0 Å². The minimum absolute atomic E-state index is 0. The molecule has 0 unspecified atom stereocenters. The van der Waals surface area contributed by atoms with Crippen molar-refractivity contribution in [1.29, 1.82) is 0 Å². The van der Waals surface area contributed by atoms with E-state index in [0.29, 0.717) is 0 Å². The molecule has 0 saturated heterocycles. The lowest BCUT2D eigenvalue weighted by molar-refractivity contribution is -0.140. The van der Waals surface area contributed by atoms with Gasteiger partial charge >= 0.3 is 21.5 Å². The number of hydrogen-bond donors (Lipinski definition) is 1. The van der Waals surface area contributed by atoms with E-state index in [9.17, 15) is 26.4 Å². The summed E-state index contributed by atoms with van der Waals surface area (Å²) in [5, 5.41) is 0. The van der Waals surface area contributed by atoms with Gasteiger partial charge in [0.1, 0.15) is 0 Å². The molecule has 0 aliphatic heterocycles. The molecule has 0 amide bonds. The molecule has 0 spiro atoms. The Morgan fingerprint density at radius 2 is 1.88 bits per heavy atom. The van der Waals surface area contributed by atoms with Crippen LogP contribution in [-0.2, 0) is 19.6 Å². The molecule has 0 fully saturated rings. The number of carbonyl (C=O) groups excluding carboxylic acids is 1. The highest BCUT2D eigenvalue weighted by molar-refractivity contribution is 7.90. The van der Waals surface area contributed by atoms with Crippen molar-refractivity contribution >= 4 is 28.4 Å². The summed E-state index contributed by atoms with van der Waals surface area (Å²) in [5.74, 6) is -0.610. The summed E-state index contributed by atoms with van der Waals surface area (Å²) in [6.07, 6.45) is -0.196. The van der Waals surface area contributed by atoms with E-state index in [1.165, 1.54) is 4.72 Å². The third-order valence-electron chi connectivity index (χ3n) is 1.38. The first-order valence-corrected chi connectivity index (χ1v) is 5.32. The van der Waals surface area contributed by atoms with Gasteiger partial charge in [-0.05, 0) is 6.42 Å². The predicted molar refractivity (Wildman–Crippen MR) is 51.5 cm³/mol. The minimum atomic E-state index is -5.32. The van der Waals surface area contributed by atoms with Crippen LogP contribution in [-0.4, -0.2) is 33.5 Å². The molecule has 0 aromatic heterocycles. The number of esters is 1. The molecule has 1 N–H and O–H groups in total. The molecular weight excluding hydrogens is 275 g/mol. The zero-order valence-corrected chi connectivity index (χ0v) is 9.84. The van der Waals surface area contributed by atoms with Crippen LogP contribution in [0.5, 0.6) is 0 Å². The molecule has 10 heteroatoms. The van der Waals surface area contributed by atoms with E-state index < -0.39 is 28.0 Å². The van der Waals surface area contributed by atoms with Gasteiger partial charge < -0.3 is 4.74 Å². The summed E-state index contributed by atoms with van der Waals surface area (Å²) in [4.78, 5) is 10.5. The molecule has 0 radical (unpaired) electrons. The normalized spacial score (nSPS) is 11.8. The third kappa shape index (κ3) is 6.13. The average molecular weight is 286 g/mol. The molecule has 98 valence electrons. The summed E-state index contributed by atoms with van der Waals surface area (Å²) in [6, 6.07) is 0. The molecule has 0 bridgehead atoms. The molecule has 5 nitrogen and oxygen atoms in total. The highest BCUT2D eigenvalue weighted by Gasteiger charge is 2.45. The molecule has 0 atom stereocenters. The van der Waals surface area contributed by atoms with Gasteiger partial charge in [0.05, 0.1) is 7.11 Å². The van der Waals surface area contributed by atoms with E-state index in [0.717, 1.165) is 7.11 Å². The van der Waals surface area contributed by atoms with Crippen molar-refractivity contribution in [3.05, 3.63) is 0 Å². The lowest BCUT2D eigenvalue weighted by atomic mass is 10.3. The van der Waals surface area contributed by atoms with Gasteiger partial charge in [0.2, 0.25) is 0 Å². The van der Waals surface area contributed by atoms with Crippen molar-refractivity contribution in [1.82, 2.24) is 4.72 Å². The smallest absolute Gasteiger partial charge is 0.469 e. The van der Waals surface area contributed by atoms with Crippen molar-refractivity contribution < 1.29 is 31.1 Å². The highest BCUT2D eigenvalue weighted by atomic mass is 35.5. The predicted octanol–water partition coefficient (Wildman–Crippen LogP) is 0.801. The molecule has 0 aromatic carbocycles. The van der Waals surface area contributed by atoms with Crippen LogP contribution in [0.2, 0.25) is 0 Å². The first-order valence-electron chi connectivity index (χ1n) is 3.83. The van der Waals surface area contributed by atoms with Crippen molar-refractivity contribution in [3.8, 4) is 0 Å². The van der Waals surface area contributed by atoms with E-state index in [-0.39, 0.29) is 25.2 Å². The fourth-order valence-electron chi connectivity index (χ4n) is 0.623. The van der Waals surface area contributed by atoms with Crippen LogP contribution < -0.4 is 4.72 Å². The van der Waals surface area contributed by atoms with E-state index in [1.807, 2.05) is 0 Å². The van der Waals surface area contributed by atoms with E-state index in [1.54, 1.807) is 0 Å². The number of rotatable bonds is 5. The molecule has 0 aliphatic rings. The maximum Gasteiger partial charge on any atom is 0.511 e. The second-order valence-corrected chi connectivity index (χ2v) is 4.28. The Morgan fingerprint density at radius 1 is 1.38 bits per heavy atom. The summed E-state index contributed by atoms with van der Waals surface area (Å²) in [7, 11) is -4.18. The van der Waals surface area contributed by atoms with Crippen LogP contribution in [0.3, 0.4) is 0 Å². The fourth-order valence-corrected chi connectivity index (χ4v) is 1.20. The SMILES string of the molecule is COC(=O)CCCNS(=O)(=O)C(F)(F)F.Cl. The Hall–Kier alpha value is -0.540. The van der Waals surface area contributed by atoms with Crippen LogP contribution in [0.25, 0.3) is 0 Å². The lowest BCUT2D eigenvalue weighted by Gasteiger charge is -2.08. The van der Waals surface area contributed by atoms with Gasteiger partial charge in [-0.15, -0.1) is 12.4 Å². The number of nitrogens with one attached hydrogen (secondary N) is 1. The summed E-state index contributed by atoms with van der Waals surface area (Å²) in [6.45, 7) is -0.461. The number of sulfonamides is 1. The maximum atomic E-state index is 11.7. The van der Waals surface area contributed by atoms with Crippen LogP contribution in [0.1, 0.15) is 12.8 Å². The number of alkyl halides is 3. The topological polar surface area (TPSA) is 72.5 Å². The maximum absolute atomic E-state index is 11.7. The number of ether oxygens (including phenoxy) is 1. The number of methoxy groups -OCH3 is 1. The Bertz CT molecular complexity index is 316. The summed E-state index contributed by atoms with van der Waals surface area (Å²) >= 11 is 0. The van der Waals surface area contributed by atoms with Gasteiger partial charge in [-0.3, -0.25) is 4.79 Å². The van der Waals surface area contributed by atoms with Crippen LogP contribution in [0.4, 0.5) is 13.2 Å². The van der Waals surface area contributed by atoms with Crippen molar-refractivity contribution in [2.45, 2.75) is 18.3 Å². The summed E-state index contributed by atoms with van der Waals surface area (Å²) < 4.78 is 61.6. The highest BCUT2D eigenvalue weighted by Crippen LogP contribution is 2.21. The molecule has 0 saturated carbocycles. The Kier molecular flexibility index (Phi) is 7.71. The fraction of sp³-hybridized carbons (Fsp3) is 0.833. The van der Waals surface area contributed by atoms with Gasteiger partial charge in [0.25, 0.3) is 0 Å². The zero-order valence-electron chi connectivity index (χ0n) is 8.20. The monoisotopic (exact) mass is 285 g/mol. The Morgan fingerprint density at radius 3 is 2.25 bits per heavy atom. The average Bonchev–Trinajstić information content (AvgIpc) is 2.10. The molecule has 0 heterocycles. The van der Waals surface area contributed by atoms with E-state index in [2.05, 4.69) is 4.74 Å². The standard InChI is InChI=1S/C6H10F3NO4S.ClH/c1-14-5(11)3-2-4-10-15(12,13)6(7,8)9;/h10H,2-4H2,1H3;1H. The number of carbonyl (C=O) groups is 1. The van der Waals surface area contributed by atoms with Gasteiger partial charge in [-0.1, -0.05) is 0 Å². The van der Waals surface area contributed by atoms with Crippen LogP contribution >= 0.6 is 12.4 Å². The van der Waals surface area contributed by atoms with Crippen molar-refractivity contribution in [2.24, 2.45) is 0 Å². The Balaban J connectivity index is 0.